The second-order valence-corrected chi connectivity index (χ2v) is 5.68. The summed E-state index contributed by atoms with van der Waals surface area (Å²) in [6, 6.07) is 8.38. The van der Waals surface area contributed by atoms with Gasteiger partial charge in [0.2, 0.25) is 0 Å². The van der Waals surface area contributed by atoms with Gasteiger partial charge in [-0.1, -0.05) is 43.2 Å². The van der Waals surface area contributed by atoms with Crippen molar-refractivity contribution in [1.29, 1.82) is 0 Å². The zero-order valence-corrected chi connectivity index (χ0v) is 13.7. The molecule has 0 N–H and O–H groups in total. The highest BCUT2D eigenvalue weighted by atomic mass is 32.1. The fourth-order valence-corrected chi connectivity index (χ4v) is 2.74. The van der Waals surface area contributed by atoms with Gasteiger partial charge in [0.25, 0.3) is 0 Å². The molecule has 1 saturated carbocycles. The second-order valence-electron chi connectivity index (χ2n) is 5.54. The average molecular weight is 308 g/mol. The van der Waals surface area contributed by atoms with Crippen LogP contribution < -0.4 is 4.74 Å². The van der Waals surface area contributed by atoms with Crippen LogP contribution in [-0.2, 0) is 11.6 Å². The predicted octanol–water partition coefficient (Wildman–Crippen LogP) is 4.23. The van der Waals surface area contributed by atoms with Crippen molar-refractivity contribution in [3.8, 4) is 5.75 Å². The van der Waals surface area contributed by atoms with Gasteiger partial charge in [0.15, 0.2) is 0 Å². The van der Waals surface area contributed by atoms with Gasteiger partial charge in [-0.15, -0.1) is 0 Å². The van der Waals surface area contributed by atoms with E-state index >= 15 is 0 Å². The first-order valence-corrected chi connectivity index (χ1v) is 8.10. The van der Waals surface area contributed by atoms with Crippen LogP contribution in [0.4, 0.5) is 0 Å². The van der Waals surface area contributed by atoms with Crippen molar-refractivity contribution < 1.29 is 13.2 Å². The highest BCUT2D eigenvalue weighted by Gasteiger charge is 2.25. The Hall–Kier alpha value is -1.42. The molecule has 0 saturated heterocycles. The lowest BCUT2D eigenvalue weighted by Gasteiger charge is -2.31. The fraction of sp³-hybridized carbons (Fsp3) is 0.529. The monoisotopic (exact) mass is 308 g/mol. The van der Waals surface area contributed by atoms with Crippen LogP contribution in [0.25, 0.3) is 0 Å². The summed E-state index contributed by atoms with van der Waals surface area (Å²) in [5, 5.41) is 0. The summed E-state index contributed by atoms with van der Waals surface area (Å²) in [7, 11) is 0. The van der Waals surface area contributed by atoms with Gasteiger partial charge in [0.05, 0.1) is 6.10 Å². The molecule has 1 aromatic rings. The molecule has 0 amide bonds. The van der Waals surface area contributed by atoms with Crippen LogP contribution in [0.1, 0.15) is 44.6 Å². The molecule has 0 bridgehead atoms. The Bertz CT molecular complexity index is 475. The number of hydrogen-bond donors (Lipinski definition) is 0. The summed E-state index contributed by atoms with van der Waals surface area (Å²) in [5.74, 6) is 1.67. The van der Waals surface area contributed by atoms with Crippen LogP contribution in [0.5, 0.6) is 5.75 Å². The molecule has 1 fully saturated rings. The third-order valence-corrected chi connectivity index (χ3v) is 3.87. The van der Waals surface area contributed by atoms with Gasteiger partial charge in [-0.05, 0) is 50.7 Å². The molecule has 0 spiro atoms. The molecule has 4 heteroatoms. The summed E-state index contributed by atoms with van der Waals surface area (Å²) in [6.45, 7) is 8.56. The van der Waals surface area contributed by atoms with E-state index < -0.39 is 11.6 Å². The number of rotatable bonds is 4. The lowest BCUT2D eigenvalue weighted by Crippen LogP contribution is -2.26. The molecule has 2 atom stereocenters. The lowest BCUT2D eigenvalue weighted by atomic mass is 9.81. The Kier molecular flexibility index (Phi) is 7.98. The van der Waals surface area contributed by atoms with E-state index in [-0.39, 0.29) is 0 Å². The molecule has 0 heterocycles. The first-order chi connectivity index (χ1) is 10.1. The van der Waals surface area contributed by atoms with Crippen molar-refractivity contribution in [2.75, 3.05) is 0 Å². The van der Waals surface area contributed by atoms with Crippen molar-refractivity contribution in [2.24, 2.45) is 5.92 Å². The third kappa shape index (κ3) is 6.25. The number of aryl methyl sites for hydroxylation is 1. The van der Waals surface area contributed by atoms with Crippen molar-refractivity contribution in [3.63, 3.8) is 0 Å². The minimum absolute atomic E-state index is 0.370. The first-order valence-electron chi connectivity index (χ1n) is 7.43. The quantitative estimate of drug-likeness (QED) is 0.782. The zero-order valence-electron chi connectivity index (χ0n) is 12.8. The van der Waals surface area contributed by atoms with Gasteiger partial charge in [0.1, 0.15) is 5.75 Å². The van der Waals surface area contributed by atoms with E-state index in [9.17, 15) is 0 Å². The Balaban J connectivity index is 0.000000677. The number of hydrogen-bond acceptors (Lipinski definition) is 3. The summed E-state index contributed by atoms with van der Waals surface area (Å²) in [6.07, 6.45) is 6.25. The highest BCUT2D eigenvalue weighted by Crippen LogP contribution is 2.33. The molecule has 0 aromatic heterocycles. The van der Waals surface area contributed by atoms with Crippen molar-refractivity contribution >= 4 is 11.6 Å². The zero-order chi connectivity index (χ0) is 15.7. The van der Waals surface area contributed by atoms with Gasteiger partial charge < -0.3 is 4.74 Å². The molecule has 1 aromatic carbocycles. The molecule has 0 radical (unpaired) electrons. The van der Waals surface area contributed by atoms with E-state index in [1.165, 1.54) is 24.0 Å². The molecule has 1 aliphatic carbocycles. The Morgan fingerprint density at radius 1 is 1.29 bits per heavy atom. The van der Waals surface area contributed by atoms with E-state index in [0.717, 1.165) is 25.0 Å². The second kappa shape index (κ2) is 9.50. The molecule has 116 valence electrons. The van der Waals surface area contributed by atoms with Gasteiger partial charge >= 0.3 is 11.6 Å². The normalized spacial score (nSPS) is 21.1. The van der Waals surface area contributed by atoms with Gasteiger partial charge in [-0.25, -0.2) is 0 Å². The van der Waals surface area contributed by atoms with E-state index in [1.807, 2.05) is 0 Å². The Labute approximate surface area is 131 Å². The summed E-state index contributed by atoms with van der Waals surface area (Å²) in [4.78, 5) is 0. The maximum Gasteiger partial charge on any atom is 0.335 e. The van der Waals surface area contributed by atoms with Crippen LogP contribution in [0.15, 0.2) is 36.4 Å². The Morgan fingerprint density at radius 3 is 2.48 bits per heavy atom. The minimum Gasteiger partial charge on any atom is -0.490 e. The smallest absolute Gasteiger partial charge is 0.335 e. The first kappa shape index (κ1) is 17.6. The maximum atomic E-state index is 8.29. The van der Waals surface area contributed by atoms with Gasteiger partial charge in [-0.2, -0.15) is 8.42 Å². The number of allylic oxidation sites excluding steroid dienone is 1. The number of benzene rings is 1. The lowest BCUT2D eigenvalue weighted by molar-refractivity contribution is 0.144. The fourth-order valence-electron chi connectivity index (χ4n) is 2.74. The SMILES string of the molecule is C=C1CCC(Oc2ccc(C)cc2)CC1CCC.O=S=O. The number of ether oxygens (including phenoxy) is 1. The van der Waals surface area contributed by atoms with E-state index in [4.69, 9.17) is 13.2 Å². The van der Waals surface area contributed by atoms with E-state index in [2.05, 4.69) is 44.7 Å². The van der Waals surface area contributed by atoms with Crippen molar-refractivity contribution in [2.45, 2.75) is 52.1 Å². The molecule has 3 nitrogen and oxygen atoms in total. The standard InChI is InChI=1S/C17H24O.O2S/c1-4-5-15-12-17(11-8-14(15)3)18-16-9-6-13(2)7-10-16;1-3-2/h6-7,9-10,15,17H,3-5,8,11-12H2,1-2H3;. The summed E-state index contributed by atoms with van der Waals surface area (Å²) < 4.78 is 22.7. The predicted molar refractivity (Wildman–Crippen MR) is 85.9 cm³/mol. The minimum atomic E-state index is -0.750. The topological polar surface area (TPSA) is 43.4 Å². The molecule has 2 rings (SSSR count). The van der Waals surface area contributed by atoms with Crippen LogP contribution in [0.2, 0.25) is 0 Å². The largest absolute Gasteiger partial charge is 0.490 e. The van der Waals surface area contributed by atoms with Crippen molar-refractivity contribution in [3.05, 3.63) is 42.0 Å². The van der Waals surface area contributed by atoms with E-state index in [0.29, 0.717) is 12.0 Å². The molecule has 1 aliphatic rings. The molecular formula is C17H24O3S. The van der Waals surface area contributed by atoms with Gasteiger partial charge in [-0.3, -0.25) is 0 Å². The van der Waals surface area contributed by atoms with Gasteiger partial charge in [0, 0.05) is 0 Å². The van der Waals surface area contributed by atoms with Crippen LogP contribution >= 0.6 is 0 Å². The van der Waals surface area contributed by atoms with Crippen LogP contribution in [0, 0.1) is 12.8 Å². The summed E-state index contributed by atoms with van der Waals surface area (Å²) >= 11 is -0.750. The van der Waals surface area contributed by atoms with E-state index in [1.54, 1.807) is 0 Å². The Morgan fingerprint density at radius 2 is 1.90 bits per heavy atom. The molecule has 0 aliphatic heterocycles. The average Bonchev–Trinajstić information content (AvgIpc) is 2.46. The summed E-state index contributed by atoms with van der Waals surface area (Å²) in [5.41, 5.74) is 2.71. The molecule has 2 unspecified atom stereocenters. The van der Waals surface area contributed by atoms with Crippen LogP contribution in [0.3, 0.4) is 0 Å². The van der Waals surface area contributed by atoms with Crippen molar-refractivity contribution in [1.82, 2.24) is 0 Å². The highest BCUT2D eigenvalue weighted by molar-refractivity contribution is 7.51. The molecule has 21 heavy (non-hydrogen) atoms. The third-order valence-electron chi connectivity index (χ3n) is 3.87. The molecular weight excluding hydrogens is 284 g/mol. The maximum absolute atomic E-state index is 8.29. The van der Waals surface area contributed by atoms with Crippen LogP contribution in [-0.4, -0.2) is 14.5 Å².